The van der Waals surface area contributed by atoms with E-state index in [4.69, 9.17) is 4.74 Å². The number of anilines is 1. The first-order chi connectivity index (χ1) is 13.1. The maximum Gasteiger partial charge on any atom is 0.338 e. The number of amides is 1. The number of sulfonamides is 1. The summed E-state index contributed by atoms with van der Waals surface area (Å²) in [6, 6.07) is 5.28. The Bertz CT molecular complexity index is 936. The maximum absolute atomic E-state index is 12.2. The normalized spacial score (nSPS) is 11.5. The number of aromatic nitrogens is 1. The van der Waals surface area contributed by atoms with Crippen LogP contribution < -0.4 is 9.62 Å². The highest BCUT2D eigenvalue weighted by molar-refractivity contribution is 7.89. The Labute approximate surface area is 168 Å². The molecule has 0 unspecified atom stereocenters. The summed E-state index contributed by atoms with van der Waals surface area (Å²) in [7, 11) is -3.62. The van der Waals surface area contributed by atoms with E-state index in [-0.39, 0.29) is 29.0 Å². The molecule has 0 saturated carbocycles. The van der Waals surface area contributed by atoms with Crippen molar-refractivity contribution in [2.75, 3.05) is 11.4 Å². The highest BCUT2D eigenvalue weighted by Crippen LogP contribution is 2.21. The molecule has 10 heteroatoms. The minimum atomic E-state index is -3.62. The van der Waals surface area contributed by atoms with Crippen LogP contribution in [-0.2, 0) is 26.2 Å². The highest BCUT2D eigenvalue weighted by Gasteiger charge is 2.17. The Hall–Kier alpha value is -2.30. The third-order valence-corrected chi connectivity index (χ3v) is 6.20. The van der Waals surface area contributed by atoms with Gasteiger partial charge in [0.2, 0.25) is 15.9 Å². The van der Waals surface area contributed by atoms with Crippen molar-refractivity contribution in [3.63, 3.8) is 0 Å². The lowest BCUT2D eigenvalue weighted by atomic mass is 10.2. The summed E-state index contributed by atoms with van der Waals surface area (Å²) in [5.41, 5.74) is 0.770. The van der Waals surface area contributed by atoms with E-state index in [2.05, 4.69) is 9.71 Å². The second-order valence-corrected chi connectivity index (χ2v) is 8.81. The molecule has 0 aliphatic carbocycles. The molecule has 0 saturated heterocycles. The van der Waals surface area contributed by atoms with Crippen LogP contribution in [0.25, 0.3) is 0 Å². The molecule has 28 heavy (non-hydrogen) atoms. The summed E-state index contributed by atoms with van der Waals surface area (Å²) < 4.78 is 31.9. The molecule has 1 aromatic heterocycles. The van der Waals surface area contributed by atoms with E-state index < -0.39 is 16.0 Å². The molecule has 0 spiro atoms. The standard InChI is InChI=1S/C18H23N3O5S2/c1-5-21(13(4)22)18-19-15(11-27-18)10-26-17(23)14-6-8-16(9-7-14)28(24,25)20-12(2)3/h6-9,11-12,20H,5,10H2,1-4H3. The quantitative estimate of drug-likeness (QED) is 0.652. The lowest BCUT2D eigenvalue weighted by Gasteiger charge is -2.14. The first kappa shape index (κ1) is 22.0. The summed E-state index contributed by atoms with van der Waals surface area (Å²) in [5, 5.41) is 2.27. The number of nitrogens with one attached hydrogen (secondary N) is 1. The topological polar surface area (TPSA) is 106 Å². The fourth-order valence-electron chi connectivity index (χ4n) is 2.35. The van der Waals surface area contributed by atoms with E-state index in [1.165, 1.54) is 47.4 Å². The van der Waals surface area contributed by atoms with Crippen LogP contribution in [0, 0.1) is 0 Å². The molecule has 0 radical (unpaired) electrons. The van der Waals surface area contributed by atoms with Gasteiger partial charge >= 0.3 is 5.97 Å². The molecule has 0 aliphatic heterocycles. The zero-order valence-electron chi connectivity index (χ0n) is 16.1. The predicted octanol–water partition coefficient (Wildman–Crippen LogP) is 2.56. The smallest absolute Gasteiger partial charge is 0.338 e. The van der Waals surface area contributed by atoms with E-state index in [1.807, 2.05) is 6.92 Å². The summed E-state index contributed by atoms with van der Waals surface area (Å²) in [5.74, 6) is -0.698. The lowest BCUT2D eigenvalue weighted by Crippen LogP contribution is -2.30. The van der Waals surface area contributed by atoms with E-state index >= 15 is 0 Å². The molecule has 2 aromatic rings. The van der Waals surface area contributed by atoms with Gasteiger partial charge in [-0.25, -0.2) is 22.9 Å². The molecule has 2 rings (SSSR count). The van der Waals surface area contributed by atoms with Gasteiger partial charge in [-0.3, -0.25) is 9.69 Å². The number of rotatable bonds is 8. The van der Waals surface area contributed by atoms with Crippen LogP contribution in [0.3, 0.4) is 0 Å². The fraction of sp³-hybridized carbons (Fsp3) is 0.389. The first-order valence-electron chi connectivity index (χ1n) is 8.66. The number of hydrogen-bond acceptors (Lipinski definition) is 7. The Morgan fingerprint density at radius 2 is 1.89 bits per heavy atom. The minimum absolute atomic E-state index is 0.0419. The molecule has 1 N–H and O–H groups in total. The van der Waals surface area contributed by atoms with Crippen molar-refractivity contribution >= 4 is 38.4 Å². The largest absolute Gasteiger partial charge is 0.456 e. The highest BCUT2D eigenvalue weighted by atomic mass is 32.2. The monoisotopic (exact) mass is 425 g/mol. The molecule has 0 fully saturated rings. The van der Waals surface area contributed by atoms with Crippen LogP contribution in [0.15, 0.2) is 34.5 Å². The van der Waals surface area contributed by atoms with Gasteiger partial charge in [-0.1, -0.05) is 0 Å². The fourth-order valence-corrected chi connectivity index (χ4v) is 4.52. The third kappa shape index (κ3) is 5.60. The number of hydrogen-bond donors (Lipinski definition) is 1. The first-order valence-corrected chi connectivity index (χ1v) is 11.0. The van der Waals surface area contributed by atoms with Gasteiger partial charge < -0.3 is 4.74 Å². The zero-order valence-corrected chi connectivity index (χ0v) is 17.8. The van der Waals surface area contributed by atoms with Gasteiger partial charge in [-0.05, 0) is 45.0 Å². The van der Waals surface area contributed by atoms with Crippen molar-refractivity contribution in [2.24, 2.45) is 0 Å². The summed E-state index contributed by atoms with van der Waals surface area (Å²) in [6.45, 7) is 7.23. The van der Waals surface area contributed by atoms with Crippen LogP contribution in [0.1, 0.15) is 43.7 Å². The van der Waals surface area contributed by atoms with Crippen LogP contribution >= 0.6 is 11.3 Å². The van der Waals surface area contributed by atoms with Crippen LogP contribution in [0.5, 0.6) is 0 Å². The van der Waals surface area contributed by atoms with Crippen molar-refractivity contribution in [1.29, 1.82) is 0 Å². The molecule has 0 aliphatic rings. The number of ether oxygens (including phenoxy) is 1. The van der Waals surface area contributed by atoms with Gasteiger partial charge in [0.1, 0.15) is 6.61 Å². The Morgan fingerprint density at radius 3 is 2.43 bits per heavy atom. The van der Waals surface area contributed by atoms with E-state index in [1.54, 1.807) is 19.2 Å². The molecule has 8 nitrogen and oxygen atoms in total. The van der Waals surface area contributed by atoms with Gasteiger partial charge in [-0.2, -0.15) is 0 Å². The van der Waals surface area contributed by atoms with Crippen molar-refractivity contribution in [1.82, 2.24) is 9.71 Å². The van der Waals surface area contributed by atoms with Crippen LogP contribution in [-0.4, -0.2) is 37.9 Å². The summed E-state index contributed by atoms with van der Waals surface area (Å²) in [4.78, 5) is 29.6. The van der Waals surface area contributed by atoms with E-state index in [0.717, 1.165) is 0 Å². The zero-order chi connectivity index (χ0) is 20.9. The SMILES string of the molecule is CCN(C(C)=O)c1nc(COC(=O)c2ccc(S(=O)(=O)NC(C)C)cc2)cs1. The van der Waals surface area contributed by atoms with Crippen molar-refractivity contribution in [3.05, 3.63) is 40.9 Å². The molecule has 0 bridgehead atoms. The average molecular weight is 426 g/mol. The summed E-state index contributed by atoms with van der Waals surface area (Å²) in [6.07, 6.45) is 0. The lowest BCUT2D eigenvalue weighted by molar-refractivity contribution is -0.116. The van der Waals surface area contributed by atoms with Crippen molar-refractivity contribution < 1.29 is 22.7 Å². The van der Waals surface area contributed by atoms with Crippen molar-refractivity contribution in [2.45, 2.75) is 45.2 Å². The maximum atomic E-state index is 12.2. The number of carbonyl (C=O) groups excluding carboxylic acids is 2. The van der Waals surface area contributed by atoms with E-state index in [0.29, 0.717) is 17.4 Å². The minimum Gasteiger partial charge on any atom is -0.456 e. The third-order valence-electron chi connectivity index (χ3n) is 3.61. The van der Waals surface area contributed by atoms with Gasteiger partial charge in [-0.15, -0.1) is 11.3 Å². The van der Waals surface area contributed by atoms with Crippen LogP contribution in [0.4, 0.5) is 5.13 Å². The number of nitrogens with zero attached hydrogens (tertiary/aromatic N) is 2. The average Bonchev–Trinajstić information content (AvgIpc) is 3.07. The predicted molar refractivity (Wildman–Crippen MR) is 107 cm³/mol. The number of carbonyl (C=O) groups is 2. The number of benzene rings is 1. The molecule has 1 heterocycles. The van der Waals surface area contributed by atoms with Crippen molar-refractivity contribution in [3.8, 4) is 0 Å². The summed E-state index contributed by atoms with van der Waals surface area (Å²) >= 11 is 1.30. The molecule has 1 amide bonds. The molecule has 1 aromatic carbocycles. The molecular weight excluding hydrogens is 402 g/mol. The molecular formula is C18H23N3O5S2. The van der Waals surface area contributed by atoms with Crippen LogP contribution in [0.2, 0.25) is 0 Å². The second-order valence-electron chi connectivity index (χ2n) is 6.26. The van der Waals surface area contributed by atoms with Gasteiger partial charge in [0.25, 0.3) is 0 Å². The molecule has 0 atom stereocenters. The van der Waals surface area contributed by atoms with Gasteiger partial charge in [0.05, 0.1) is 16.2 Å². The Balaban J connectivity index is 2.00. The Kier molecular flexibility index (Phi) is 7.28. The Morgan fingerprint density at radius 1 is 1.25 bits per heavy atom. The van der Waals surface area contributed by atoms with Gasteiger partial charge in [0.15, 0.2) is 5.13 Å². The number of thiazole rings is 1. The van der Waals surface area contributed by atoms with E-state index in [9.17, 15) is 18.0 Å². The van der Waals surface area contributed by atoms with Gasteiger partial charge in [0, 0.05) is 24.9 Å². The number of esters is 1. The molecule has 152 valence electrons. The second kappa shape index (κ2) is 9.26.